The van der Waals surface area contributed by atoms with Crippen LogP contribution in [0.2, 0.25) is 0 Å². The van der Waals surface area contributed by atoms with Gasteiger partial charge in [-0.05, 0) is 35.2 Å². The first-order chi connectivity index (χ1) is 9.86. The number of benzene rings is 1. The third kappa shape index (κ3) is 8.16. The topological polar surface area (TPSA) is 38.0 Å². The molecule has 1 aromatic rings. The van der Waals surface area contributed by atoms with Gasteiger partial charge in [-0.1, -0.05) is 63.8 Å². The molecule has 0 radical (unpaired) electrons. The van der Waals surface area contributed by atoms with Crippen molar-refractivity contribution in [1.29, 1.82) is 0 Å². The van der Waals surface area contributed by atoms with E-state index in [1.165, 1.54) is 11.1 Å². The molecular formula is C19H30N2. The molecule has 1 rings (SSSR count). The summed E-state index contributed by atoms with van der Waals surface area (Å²) in [6, 6.07) is 8.65. The van der Waals surface area contributed by atoms with Gasteiger partial charge in [0.25, 0.3) is 0 Å². The van der Waals surface area contributed by atoms with E-state index in [4.69, 9.17) is 5.73 Å². The second-order valence-corrected chi connectivity index (χ2v) is 5.89. The van der Waals surface area contributed by atoms with Gasteiger partial charge in [-0.3, -0.25) is 0 Å². The molecule has 0 saturated heterocycles. The number of hydrogen-bond donors (Lipinski definition) is 2. The van der Waals surface area contributed by atoms with E-state index >= 15 is 0 Å². The summed E-state index contributed by atoms with van der Waals surface area (Å²) >= 11 is 0. The Labute approximate surface area is 130 Å². The van der Waals surface area contributed by atoms with Gasteiger partial charge in [0.2, 0.25) is 0 Å². The van der Waals surface area contributed by atoms with Crippen molar-refractivity contribution >= 4 is 0 Å². The molecule has 0 aliphatic carbocycles. The quantitative estimate of drug-likeness (QED) is 0.619. The summed E-state index contributed by atoms with van der Waals surface area (Å²) in [6.07, 6.45) is 8.06. The predicted molar refractivity (Wildman–Crippen MR) is 95.3 cm³/mol. The van der Waals surface area contributed by atoms with E-state index in [0.29, 0.717) is 0 Å². The maximum absolute atomic E-state index is 5.99. The molecule has 0 aliphatic rings. The van der Waals surface area contributed by atoms with Gasteiger partial charge in [-0.15, -0.1) is 6.58 Å². The summed E-state index contributed by atoms with van der Waals surface area (Å²) in [5, 5.41) is 2.82. The molecule has 0 aliphatic heterocycles. The van der Waals surface area contributed by atoms with Crippen LogP contribution in [0.5, 0.6) is 0 Å². The first kappa shape index (κ1) is 19.2. The molecule has 21 heavy (non-hydrogen) atoms. The van der Waals surface area contributed by atoms with E-state index in [-0.39, 0.29) is 11.5 Å². The van der Waals surface area contributed by atoms with E-state index in [0.717, 1.165) is 6.42 Å². The lowest BCUT2D eigenvalue weighted by atomic mass is 9.86. The number of hydrogen-bond acceptors (Lipinski definition) is 2. The van der Waals surface area contributed by atoms with Crippen LogP contribution in [0.25, 0.3) is 0 Å². The molecule has 1 atom stereocenters. The predicted octanol–water partition coefficient (Wildman–Crippen LogP) is 4.47. The van der Waals surface area contributed by atoms with Crippen molar-refractivity contribution in [3.05, 3.63) is 73.0 Å². The standard InChI is InChI=1S/C14H21N.C5H9N/c1-5-6-13(15)11-7-9-12(10-8-11)14(2,3)4;1-3-4-5-6-2/h5,7-10,13H,1,6,15H2,2-4H3;3-6H,1H2,2H3/b;5-4-. The van der Waals surface area contributed by atoms with Crippen LogP contribution in [0.15, 0.2) is 61.9 Å². The Balaban J connectivity index is 0.000000567. The summed E-state index contributed by atoms with van der Waals surface area (Å²) in [5.74, 6) is 0. The van der Waals surface area contributed by atoms with Crippen LogP contribution < -0.4 is 11.1 Å². The molecule has 116 valence electrons. The highest BCUT2D eigenvalue weighted by Crippen LogP contribution is 2.24. The molecule has 0 aromatic heterocycles. The highest BCUT2D eigenvalue weighted by molar-refractivity contribution is 5.29. The van der Waals surface area contributed by atoms with Crippen LogP contribution in [0.3, 0.4) is 0 Å². The second kappa shape index (κ2) is 10.0. The molecule has 1 unspecified atom stereocenters. The molecule has 0 spiro atoms. The third-order valence-electron chi connectivity index (χ3n) is 3.02. The number of allylic oxidation sites excluding steroid dienone is 2. The summed E-state index contributed by atoms with van der Waals surface area (Å²) in [5.41, 5.74) is 8.73. The zero-order valence-corrected chi connectivity index (χ0v) is 13.9. The minimum atomic E-state index is 0.0801. The highest BCUT2D eigenvalue weighted by Gasteiger charge is 2.13. The molecule has 0 saturated carbocycles. The first-order valence-corrected chi connectivity index (χ1v) is 7.28. The minimum absolute atomic E-state index is 0.0801. The molecular weight excluding hydrogens is 256 g/mol. The lowest BCUT2D eigenvalue weighted by Crippen LogP contribution is -2.13. The van der Waals surface area contributed by atoms with Gasteiger partial charge in [0.05, 0.1) is 0 Å². The van der Waals surface area contributed by atoms with Crippen molar-refractivity contribution in [2.24, 2.45) is 5.73 Å². The van der Waals surface area contributed by atoms with Crippen molar-refractivity contribution in [3.8, 4) is 0 Å². The number of rotatable bonds is 5. The molecule has 1 aromatic carbocycles. The molecule has 0 heterocycles. The van der Waals surface area contributed by atoms with E-state index < -0.39 is 0 Å². The van der Waals surface area contributed by atoms with E-state index in [2.05, 4.69) is 63.5 Å². The summed E-state index contributed by atoms with van der Waals surface area (Å²) in [4.78, 5) is 0. The molecule has 2 heteroatoms. The van der Waals surface area contributed by atoms with Crippen LogP contribution >= 0.6 is 0 Å². The second-order valence-electron chi connectivity index (χ2n) is 5.89. The van der Waals surface area contributed by atoms with Gasteiger partial charge >= 0.3 is 0 Å². The van der Waals surface area contributed by atoms with Crippen LogP contribution in [0, 0.1) is 0 Å². The highest BCUT2D eigenvalue weighted by atomic mass is 14.8. The Morgan fingerprint density at radius 2 is 1.76 bits per heavy atom. The van der Waals surface area contributed by atoms with E-state index in [1.54, 1.807) is 6.08 Å². The van der Waals surface area contributed by atoms with Gasteiger partial charge in [0, 0.05) is 13.1 Å². The van der Waals surface area contributed by atoms with E-state index in [9.17, 15) is 0 Å². The normalized spacial score (nSPS) is 12.2. The lowest BCUT2D eigenvalue weighted by Gasteiger charge is -2.20. The van der Waals surface area contributed by atoms with Crippen molar-refractivity contribution in [2.75, 3.05) is 7.05 Å². The van der Waals surface area contributed by atoms with Crippen molar-refractivity contribution < 1.29 is 0 Å². The minimum Gasteiger partial charge on any atom is -0.394 e. The van der Waals surface area contributed by atoms with Crippen LogP contribution in [-0.4, -0.2) is 7.05 Å². The van der Waals surface area contributed by atoms with Gasteiger partial charge < -0.3 is 11.1 Å². The largest absolute Gasteiger partial charge is 0.394 e. The Kier molecular flexibility index (Phi) is 9.15. The maximum atomic E-state index is 5.99. The summed E-state index contributed by atoms with van der Waals surface area (Å²) in [6.45, 7) is 13.8. The fraction of sp³-hybridized carbons (Fsp3) is 0.368. The summed E-state index contributed by atoms with van der Waals surface area (Å²) in [7, 11) is 1.85. The molecule has 0 amide bonds. The maximum Gasteiger partial charge on any atom is 0.0329 e. The Morgan fingerprint density at radius 3 is 2.10 bits per heavy atom. The first-order valence-electron chi connectivity index (χ1n) is 7.28. The number of nitrogens with two attached hydrogens (primary N) is 1. The Bertz CT molecular complexity index is 436. The average Bonchev–Trinajstić information content (AvgIpc) is 2.45. The van der Waals surface area contributed by atoms with Crippen molar-refractivity contribution in [3.63, 3.8) is 0 Å². The monoisotopic (exact) mass is 286 g/mol. The van der Waals surface area contributed by atoms with Crippen molar-refractivity contribution in [2.45, 2.75) is 38.6 Å². The van der Waals surface area contributed by atoms with Gasteiger partial charge in [0.15, 0.2) is 0 Å². The zero-order chi connectivity index (χ0) is 16.3. The molecule has 0 fully saturated rings. The fourth-order valence-corrected chi connectivity index (χ4v) is 1.71. The Morgan fingerprint density at radius 1 is 1.19 bits per heavy atom. The van der Waals surface area contributed by atoms with Crippen molar-refractivity contribution in [1.82, 2.24) is 5.32 Å². The smallest absolute Gasteiger partial charge is 0.0329 e. The zero-order valence-electron chi connectivity index (χ0n) is 13.9. The van der Waals surface area contributed by atoms with Gasteiger partial charge in [-0.2, -0.15) is 0 Å². The van der Waals surface area contributed by atoms with E-state index in [1.807, 2.05) is 25.4 Å². The third-order valence-corrected chi connectivity index (χ3v) is 3.02. The van der Waals surface area contributed by atoms with Gasteiger partial charge in [-0.25, -0.2) is 0 Å². The fourth-order valence-electron chi connectivity index (χ4n) is 1.71. The van der Waals surface area contributed by atoms with Crippen LogP contribution in [0.1, 0.15) is 44.4 Å². The van der Waals surface area contributed by atoms with Crippen LogP contribution in [0.4, 0.5) is 0 Å². The summed E-state index contributed by atoms with van der Waals surface area (Å²) < 4.78 is 0. The van der Waals surface area contributed by atoms with Crippen LogP contribution in [-0.2, 0) is 5.41 Å². The SMILES string of the molecule is C=C/C=C\NC.C=CCC(N)c1ccc(C(C)(C)C)cc1. The number of nitrogens with one attached hydrogen (secondary N) is 1. The molecule has 2 nitrogen and oxygen atoms in total. The lowest BCUT2D eigenvalue weighted by molar-refractivity contribution is 0.589. The average molecular weight is 286 g/mol. The Hall–Kier alpha value is -1.80. The van der Waals surface area contributed by atoms with Gasteiger partial charge in [0.1, 0.15) is 0 Å². The molecule has 3 N–H and O–H groups in total. The molecule has 0 bridgehead atoms.